The highest BCUT2D eigenvalue weighted by molar-refractivity contribution is 7.90. The fourth-order valence-electron chi connectivity index (χ4n) is 0.963. The van der Waals surface area contributed by atoms with E-state index in [-0.39, 0.29) is 11.8 Å². The van der Waals surface area contributed by atoms with Crippen molar-refractivity contribution < 1.29 is 8.42 Å². The van der Waals surface area contributed by atoms with Gasteiger partial charge in [-0.3, -0.25) is 0 Å². The highest BCUT2D eigenvalue weighted by Gasteiger charge is 2.10. The Labute approximate surface area is 74.6 Å². The lowest BCUT2D eigenvalue weighted by Crippen LogP contribution is -2.29. The van der Waals surface area contributed by atoms with Crippen molar-refractivity contribution in [1.82, 2.24) is 0 Å². The highest BCUT2D eigenvalue weighted by Crippen LogP contribution is 2.06. The molecule has 1 unspecified atom stereocenters. The Kier molecular flexibility index (Phi) is 4.49. The van der Waals surface area contributed by atoms with Crippen LogP contribution in [0.2, 0.25) is 0 Å². The summed E-state index contributed by atoms with van der Waals surface area (Å²) in [6.45, 7) is 5.75. The molecule has 4 heteroatoms. The maximum Gasteiger partial charge on any atom is 0.148 e. The van der Waals surface area contributed by atoms with E-state index in [1.54, 1.807) is 0 Å². The molecule has 72 valence electrons. The van der Waals surface area contributed by atoms with Gasteiger partial charge in [-0.2, -0.15) is 0 Å². The van der Waals surface area contributed by atoms with Gasteiger partial charge in [0.15, 0.2) is 0 Å². The van der Waals surface area contributed by atoms with E-state index in [0.717, 1.165) is 12.0 Å². The first-order valence-electron chi connectivity index (χ1n) is 3.95. The van der Waals surface area contributed by atoms with Gasteiger partial charge < -0.3 is 5.73 Å². The summed E-state index contributed by atoms with van der Waals surface area (Å²) in [7, 11) is -2.94. The molecule has 3 nitrogen and oxygen atoms in total. The molecular formula is C8H17NO2S. The first-order valence-corrected chi connectivity index (χ1v) is 6.01. The van der Waals surface area contributed by atoms with Crippen LogP contribution < -0.4 is 5.73 Å². The minimum absolute atomic E-state index is 0.0476. The summed E-state index contributed by atoms with van der Waals surface area (Å²) in [6.07, 6.45) is 2.66. The first kappa shape index (κ1) is 11.6. The van der Waals surface area contributed by atoms with Gasteiger partial charge in [-0.15, -0.1) is 0 Å². The predicted octanol–water partition coefficient (Wildman–Crippen LogP) is 0.715. The largest absolute Gasteiger partial charge is 0.326 e. The summed E-state index contributed by atoms with van der Waals surface area (Å²) in [4.78, 5) is 0. The minimum atomic E-state index is -2.94. The second kappa shape index (κ2) is 4.62. The van der Waals surface area contributed by atoms with Crippen LogP contribution in [0.15, 0.2) is 12.2 Å². The lowest BCUT2D eigenvalue weighted by atomic mass is 10.1. The Morgan fingerprint density at radius 2 is 2.08 bits per heavy atom. The topological polar surface area (TPSA) is 60.2 Å². The van der Waals surface area contributed by atoms with Crippen LogP contribution in [-0.2, 0) is 9.84 Å². The normalized spacial score (nSPS) is 14.2. The van der Waals surface area contributed by atoms with Gasteiger partial charge in [-0.25, -0.2) is 8.42 Å². The van der Waals surface area contributed by atoms with Crippen molar-refractivity contribution in [3.63, 3.8) is 0 Å². The number of sulfone groups is 1. The van der Waals surface area contributed by atoms with E-state index >= 15 is 0 Å². The van der Waals surface area contributed by atoms with E-state index in [1.807, 2.05) is 6.92 Å². The Balaban J connectivity index is 3.91. The molecule has 0 radical (unpaired) electrons. The first-order chi connectivity index (χ1) is 5.35. The van der Waals surface area contributed by atoms with Crippen LogP contribution in [-0.4, -0.2) is 26.5 Å². The Hall–Kier alpha value is -0.350. The van der Waals surface area contributed by atoms with Gasteiger partial charge in [0.1, 0.15) is 9.84 Å². The van der Waals surface area contributed by atoms with Crippen molar-refractivity contribution in [3.8, 4) is 0 Å². The van der Waals surface area contributed by atoms with Crippen molar-refractivity contribution in [2.75, 3.05) is 12.0 Å². The van der Waals surface area contributed by atoms with Gasteiger partial charge in [0.25, 0.3) is 0 Å². The van der Waals surface area contributed by atoms with E-state index in [1.165, 1.54) is 6.26 Å². The summed E-state index contributed by atoms with van der Waals surface area (Å²) < 4.78 is 21.6. The van der Waals surface area contributed by atoms with E-state index < -0.39 is 9.84 Å². The van der Waals surface area contributed by atoms with E-state index in [4.69, 9.17) is 5.73 Å². The van der Waals surface area contributed by atoms with Crippen LogP contribution >= 0.6 is 0 Å². The summed E-state index contributed by atoms with van der Waals surface area (Å²) in [6, 6.07) is -0.299. The number of hydrogen-bond acceptors (Lipinski definition) is 3. The smallest absolute Gasteiger partial charge is 0.148 e. The molecule has 1 atom stereocenters. The lowest BCUT2D eigenvalue weighted by Gasteiger charge is -2.10. The molecule has 0 aliphatic carbocycles. The zero-order chi connectivity index (χ0) is 9.78. The second-order valence-corrected chi connectivity index (χ2v) is 5.35. The van der Waals surface area contributed by atoms with Crippen molar-refractivity contribution in [2.24, 2.45) is 5.73 Å². The maximum atomic E-state index is 10.8. The van der Waals surface area contributed by atoms with Gasteiger partial charge in [0.2, 0.25) is 0 Å². The third kappa shape index (κ3) is 6.37. The predicted molar refractivity (Wildman–Crippen MR) is 51.7 cm³/mol. The lowest BCUT2D eigenvalue weighted by molar-refractivity contribution is 0.590. The molecule has 0 saturated heterocycles. The van der Waals surface area contributed by atoms with Crippen molar-refractivity contribution >= 4 is 9.84 Å². The van der Waals surface area contributed by atoms with Crippen LogP contribution in [0.5, 0.6) is 0 Å². The maximum absolute atomic E-state index is 10.8. The molecule has 0 aromatic carbocycles. The molecule has 2 N–H and O–H groups in total. The SMILES string of the molecule is C=C(CC)CC(N)CS(C)(=O)=O. The summed E-state index contributed by atoms with van der Waals surface area (Å²) >= 11 is 0. The third-order valence-corrected chi connectivity index (χ3v) is 2.60. The molecule has 0 heterocycles. The molecule has 12 heavy (non-hydrogen) atoms. The van der Waals surface area contributed by atoms with Crippen molar-refractivity contribution in [1.29, 1.82) is 0 Å². The minimum Gasteiger partial charge on any atom is -0.326 e. The molecule has 0 aliphatic rings. The Morgan fingerprint density at radius 3 is 2.42 bits per heavy atom. The number of hydrogen-bond donors (Lipinski definition) is 1. The van der Waals surface area contributed by atoms with Crippen LogP contribution in [0.4, 0.5) is 0 Å². The molecule has 0 aromatic heterocycles. The molecule has 0 bridgehead atoms. The van der Waals surface area contributed by atoms with Crippen LogP contribution in [0, 0.1) is 0 Å². The zero-order valence-electron chi connectivity index (χ0n) is 7.71. The van der Waals surface area contributed by atoms with Gasteiger partial charge >= 0.3 is 0 Å². The fourth-order valence-corrected chi connectivity index (χ4v) is 1.86. The summed E-state index contributed by atoms with van der Waals surface area (Å²) in [5.74, 6) is 0.0476. The molecular weight excluding hydrogens is 174 g/mol. The van der Waals surface area contributed by atoms with Gasteiger partial charge in [-0.1, -0.05) is 19.1 Å². The Morgan fingerprint density at radius 1 is 1.58 bits per heavy atom. The second-order valence-electron chi connectivity index (χ2n) is 3.16. The highest BCUT2D eigenvalue weighted by atomic mass is 32.2. The van der Waals surface area contributed by atoms with Crippen molar-refractivity contribution in [3.05, 3.63) is 12.2 Å². The van der Waals surface area contributed by atoms with Gasteiger partial charge in [0, 0.05) is 12.3 Å². The number of rotatable bonds is 5. The van der Waals surface area contributed by atoms with E-state index in [0.29, 0.717) is 6.42 Å². The molecule has 0 spiro atoms. The average Bonchev–Trinajstić information content (AvgIpc) is 1.82. The van der Waals surface area contributed by atoms with Crippen LogP contribution in [0.1, 0.15) is 19.8 Å². The van der Waals surface area contributed by atoms with Gasteiger partial charge in [0.05, 0.1) is 5.75 Å². The van der Waals surface area contributed by atoms with Crippen molar-refractivity contribution in [2.45, 2.75) is 25.8 Å². The zero-order valence-corrected chi connectivity index (χ0v) is 8.52. The van der Waals surface area contributed by atoms with E-state index in [2.05, 4.69) is 6.58 Å². The third-order valence-electron chi connectivity index (χ3n) is 1.57. The molecule has 0 fully saturated rings. The van der Waals surface area contributed by atoms with Crippen LogP contribution in [0.3, 0.4) is 0 Å². The van der Waals surface area contributed by atoms with Gasteiger partial charge in [-0.05, 0) is 12.8 Å². The summed E-state index contributed by atoms with van der Waals surface area (Å²) in [5, 5.41) is 0. The summed E-state index contributed by atoms with van der Waals surface area (Å²) in [5.41, 5.74) is 6.60. The molecule has 0 saturated carbocycles. The molecule has 0 aliphatic heterocycles. The Bertz CT molecular complexity index is 244. The fraction of sp³-hybridized carbons (Fsp3) is 0.750. The standard InChI is InChI=1S/C8H17NO2S/c1-4-7(2)5-8(9)6-12(3,10)11/h8H,2,4-6,9H2,1,3H3. The molecule has 0 amide bonds. The quantitative estimate of drug-likeness (QED) is 0.651. The van der Waals surface area contributed by atoms with E-state index in [9.17, 15) is 8.42 Å². The monoisotopic (exact) mass is 191 g/mol. The molecule has 0 rings (SSSR count). The molecule has 0 aromatic rings. The number of nitrogens with two attached hydrogens (primary N) is 1. The van der Waals surface area contributed by atoms with Crippen LogP contribution in [0.25, 0.3) is 0 Å². The average molecular weight is 191 g/mol.